The fourth-order valence-corrected chi connectivity index (χ4v) is 1.53. The van der Waals surface area contributed by atoms with Crippen LogP contribution in [0.25, 0.3) is 11.0 Å². The summed E-state index contributed by atoms with van der Waals surface area (Å²) in [5, 5.41) is 0. The van der Waals surface area contributed by atoms with E-state index in [1.165, 1.54) is 0 Å². The van der Waals surface area contributed by atoms with Crippen LogP contribution in [-0.2, 0) is 0 Å². The summed E-state index contributed by atoms with van der Waals surface area (Å²) in [5.41, 5.74) is 3.90. The average molecular weight is 187 g/mol. The van der Waals surface area contributed by atoms with Crippen molar-refractivity contribution in [3.63, 3.8) is 0 Å². The largest absolute Gasteiger partial charge is 0.255 e. The SMILES string of the molecule is Cc1cc2nccnc2c(C(C)C)n1. The minimum Gasteiger partial charge on any atom is -0.255 e. The first-order valence-corrected chi connectivity index (χ1v) is 4.76. The molecule has 0 unspecified atom stereocenters. The van der Waals surface area contributed by atoms with Gasteiger partial charge in [0, 0.05) is 18.1 Å². The van der Waals surface area contributed by atoms with Gasteiger partial charge in [-0.2, -0.15) is 0 Å². The molecule has 3 heteroatoms. The summed E-state index contributed by atoms with van der Waals surface area (Å²) in [5.74, 6) is 0.383. The van der Waals surface area contributed by atoms with Gasteiger partial charge >= 0.3 is 0 Å². The second kappa shape index (κ2) is 3.33. The summed E-state index contributed by atoms with van der Waals surface area (Å²) in [7, 11) is 0. The summed E-state index contributed by atoms with van der Waals surface area (Å²) < 4.78 is 0. The van der Waals surface area contributed by atoms with Crippen LogP contribution in [0.1, 0.15) is 31.2 Å². The van der Waals surface area contributed by atoms with Gasteiger partial charge < -0.3 is 0 Å². The van der Waals surface area contributed by atoms with E-state index in [0.29, 0.717) is 5.92 Å². The molecule has 0 bridgehead atoms. The Morgan fingerprint density at radius 2 is 1.86 bits per heavy atom. The number of nitrogens with zero attached hydrogens (tertiary/aromatic N) is 3. The Kier molecular flexibility index (Phi) is 2.15. The maximum Gasteiger partial charge on any atom is 0.110 e. The number of rotatable bonds is 1. The first kappa shape index (κ1) is 9.06. The summed E-state index contributed by atoms with van der Waals surface area (Å²) >= 11 is 0. The summed E-state index contributed by atoms with van der Waals surface area (Å²) in [6.45, 7) is 6.23. The normalized spacial score (nSPS) is 11.1. The van der Waals surface area contributed by atoms with Gasteiger partial charge in [0.15, 0.2) is 0 Å². The molecule has 0 amide bonds. The molecular formula is C11H13N3. The molecule has 2 rings (SSSR count). The third-order valence-electron chi connectivity index (χ3n) is 2.16. The van der Waals surface area contributed by atoms with Crippen molar-refractivity contribution in [2.24, 2.45) is 0 Å². The highest BCUT2D eigenvalue weighted by molar-refractivity contribution is 5.76. The molecule has 3 nitrogen and oxygen atoms in total. The zero-order valence-corrected chi connectivity index (χ0v) is 8.65. The van der Waals surface area contributed by atoms with E-state index in [1.807, 2.05) is 13.0 Å². The Labute approximate surface area is 83.2 Å². The quantitative estimate of drug-likeness (QED) is 0.688. The highest BCUT2D eigenvalue weighted by Gasteiger charge is 2.09. The molecule has 0 spiro atoms. The summed E-state index contributed by atoms with van der Waals surface area (Å²) in [6.07, 6.45) is 3.43. The first-order valence-electron chi connectivity index (χ1n) is 4.76. The van der Waals surface area contributed by atoms with Gasteiger partial charge in [-0.1, -0.05) is 13.8 Å². The molecule has 2 aromatic heterocycles. The molecule has 0 aliphatic rings. The fraction of sp³-hybridized carbons (Fsp3) is 0.364. The van der Waals surface area contributed by atoms with Crippen LogP contribution in [-0.4, -0.2) is 15.0 Å². The van der Waals surface area contributed by atoms with Gasteiger partial charge in [0.25, 0.3) is 0 Å². The Hall–Kier alpha value is -1.51. The van der Waals surface area contributed by atoms with Gasteiger partial charge in [-0.15, -0.1) is 0 Å². The maximum atomic E-state index is 4.50. The molecule has 0 radical (unpaired) electrons. The molecule has 0 saturated carbocycles. The third-order valence-corrected chi connectivity index (χ3v) is 2.16. The Balaban J connectivity index is 2.80. The van der Waals surface area contributed by atoms with Gasteiger partial charge in [0.2, 0.25) is 0 Å². The second-order valence-electron chi connectivity index (χ2n) is 3.73. The number of aromatic nitrogens is 3. The molecule has 2 heterocycles. The van der Waals surface area contributed by atoms with Crippen LogP contribution < -0.4 is 0 Å². The molecule has 0 atom stereocenters. The van der Waals surface area contributed by atoms with Crippen LogP contribution >= 0.6 is 0 Å². The van der Waals surface area contributed by atoms with Crippen LogP contribution in [0.15, 0.2) is 18.5 Å². The molecule has 0 aliphatic carbocycles. The van der Waals surface area contributed by atoms with Gasteiger partial charge in [-0.25, -0.2) is 0 Å². The van der Waals surface area contributed by atoms with Gasteiger partial charge in [-0.3, -0.25) is 15.0 Å². The van der Waals surface area contributed by atoms with E-state index in [-0.39, 0.29) is 0 Å². The average Bonchev–Trinajstić information content (AvgIpc) is 2.16. The van der Waals surface area contributed by atoms with Crippen LogP contribution in [0.4, 0.5) is 0 Å². The van der Waals surface area contributed by atoms with Crippen molar-refractivity contribution < 1.29 is 0 Å². The van der Waals surface area contributed by atoms with Gasteiger partial charge in [0.1, 0.15) is 5.52 Å². The molecule has 0 N–H and O–H groups in total. The highest BCUT2D eigenvalue weighted by Crippen LogP contribution is 2.20. The molecule has 0 saturated heterocycles. The zero-order valence-electron chi connectivity index (χ0n) is 8.65. The number of fused-ring (bicyclic) bond motifs is 1. The number of hydrogen-bond donors (Lipinski definition) is 0. The predicted octanol–water partition coefficient (Wildman–Crippen LogP) is 2.46. The Morgan fingerprint density at radius 1 is 1.14 bits per heavy atom. The lowest BCUT2D eigenvalue weighted by molar-refractivity contribution is 0.822. The van der Waals surface area contributed by atoms with Crippen molar-refractivity contribution in [1.82, 2.24) is 15.0 Å². The van der Waals surface area contributed by atoms with E-state index in [0.717, 1.165) is 22.4 Å². The van der Waals surface area contributed by atoms with Crippen LogP contribution in [0, 0.1) is 6.92 Å². The molecule has 2 aromatic rings. The van der Waals surface area contributed by atoms with Crippen molar-refractivity contribution in [3.8, 4) is 0 Å². The van der Waals surface area contributed by atoms with E-state index in [2.05, 4.69) is 28.8 Å². The lowest BCUT2D eigenvalue weighted by Gasteiger charge is -2.08. The second-order valence-corrected chi connectivity index (χ2v) is 3.73. The Bertz CT molecular complexity index is 463. The standard InChI is InChI=1S/C11H13N3/c1-7(2)10-11-9(6-8(3)14-10)12-4-5-13-11/h4-7H,1-3H3. The minimum absolute atomic E-state index is 0.383. The molecule has 14 heavy (non-hydrogen) atoms. The van der Waals surface area contributed by atoms with Crippen LogP contribution in [0.3, 0.4) is 0 Å². The fourth-order valence-electron chi connectivity index (χ4n) is 1.53. The first-order chi connectivity index (χ1) is 6.68. The minimum atomic E-state index is 0.383. The lowest BCUT2D eigenvalue weighted by atomic mass is 10.1. The van der Waals surface area contributed by atoms with E-state index < -0.39 is 0 Å². The van der Waals surface area contributed by atoms with Crippen molar-refractivity contribution in [3.05, 3.63) is 29.8 Å². The topological polar surface area (TPSA) is 38.7 Å². The maximum absolute atomic E-state index is 4.50. The predicted molar refractivity (Wildman–Crippen MR) is 56.2 cm³/mol. The Morgan fingerprint density at radius 3 is 2.57 bits per heavy atom. The van der Waals surface area contributed by atoms with Crippen molar-refractivity contribution in [2.45, 2.75) is 26.7 Å². The molecule has 0 aromatic carbocycles. The smallest absolute Gasteiger partial charge is 0.110 e. The van der Waals surface area contributed by atoms with Crippen LogP contribution in [0.5, 0.6) is 0 Å². The van der Waals surface area contributed by atoms with Crippen molar-refractivity contribution in [1.29, 1.82) is 0 Å². The number of pyridine rings is 1. The van der Waals surface area contributed by atoms with E-state index in [4.69, 9.17) is 0 Å². The van der Waals surface area contributed by atoms with Crippen molar-refractivity contribution >= 4 is 11.0 Å². The number of hydrogen-bond acceptors (Lipinski definition) is 3. The molecule has 0 aliphatic heterocycles. The lowest BCUT2D eigenvalue weighted by Crippen LogP contribution is -1.99. The highest BCUT2D eigenvalue weighted by atomic mass is 14.8. The number of aryl methyl sites for hydroxylation is 1. The van der Waals surface area contributed by atoms with E-state index in [9.17, 15) is 0 Å². The van der Waals surface area contributed by atoms with E-state index >= 15 is 0 Å². The van der Waals surface area contributed by atoms with E-state index in [1.54, 1.807) is 12.4 Å². The monoisotopic (exact) mass is 187 g/mol. The summed E-state index contributed by atoms with van der Waals surface area (Å²) in [6, 6.07) is 1.97. The van der Waals surface area contributed by atoms with Gasteiger partial charge in [-0.05, 0) is 18.9 Å². The third kappa shape index (κ3) is 1.45. The molecule has 72 valence electrons. The van der Waals surface area contributed by atoms with Crippen LogP contribution in [0.2, 0.25) is 0 Å². The molecule has 0 fully saturated rings. The summed E-state index contributed by atoms with van der Waals surface area (Å²) in [4.78, 5) is 13.1. The zero-order chi connectivity index (χ0) is 10.1. The molecular weight excluding hydrogens is 174 g/mol. The van der Waals surface area contributed by atoms with Crippen molar-refractivity contribution in [2.75, 3.05) is 0 Å². The van der Waals surface area contributed by atoms with Gasteiger partial charge in [0.05, 0.1) is 11.2 Å².